The van der Waals surface area contributed by atoms with Gasteiger partial charge in [-0.1, -0.05) is 13.8 Å². The summed E-state index contributed by atoms with van der Waals surface area (Å²) in [5.41, 5.74) is 2.92. The number of aromatic nitrogens is 2. The number of hydrogen-bond acceptors (Lipinski definition) is 7. The fourth-order valence-corrected chi connectivity index (χ4v) is 6.74. The summed E-state index contributed by atoms with van der Waals surface area (Å²) >= 11 is 0. The van der Waals surface area contributed by atoms with E-state index in [1.807, 2.05) is 21.1 Å². The Hall–Kier alpha value is -3.52. The molecule has 0 aliphatic heterocycles. The molecule has 1 amide bonds. The van der Waals surface area contributed by atoms with Crippen molar-refractivity contribution >= 4 is 23.6 Å². The van der Waals surface area contributed by atoms with Crippen LogP contribution in [0.5, 0.6) is 0 Å². The highest BCUT2D eigenvalue weighted by Gasteiger charge is 2.45. The van der Waals surface area contributed by atoms with Crippen LogP contribution in [0.15, 0.2) is 12.1 Å². The molecule has 1 atom stereocenters. The summed E-state index contributed by atoms with van der Waals surface area (Å²) in [6.07, 6.45) is -3.68. The molecule has 2 N–H and O–H groups in total. The molecule has 0 saturated heterocycles. The summed E-state index contributed by atoms with van der Waals surface area (Å²) < 4.78 is 69.9. The third-order valence-electron chi connectivity index (χ3n) is 8.54. The smallest absolute Gasteiger partial charge is 0.435 e. The molecule has 1 saturated carbocycles. The molecular formula is C33H43ClF4N4O6. The van der Waals surface area contributed by atoms with Gasteiger partial charge in [0.05, 0.1) is 50.1 Å². The van der Waals surface area contributed by atoms with Crippen LogP contribution in [0.25, 0.3) is 5.69 Å². The first-order chi connectivity index (χ1) is 21.6. The van der Waals surface area contributed by atoms with Crippen LogP contribution in [0.4, 0.5) is 17.6 Å². The predicted octanol–water partition coefficient (Wildman–Crippen LogP) is 1.96. The number of likely N-dealkylation sites (N-methyl/N-ethyl adjacent to an activating group) is 1. The molecule has 10 nitrogen and oxygen atoms in total. The normalized spacial score (nSPS) is 19.9. The maximum absolute atomic E-state index is 15.5. The number of carbonyl (C=O) groups excluding carboxylic acids is 4. The second-order valence-corrected chi connectivity index (χ2v) is 14.6. The van der Waals surface area contributed by atoms with Crippen molar-refractivity contribution in [1.29, 1.82) is 0 Å². The summed E-state index contributed by atoms with van der Waals surface area (Å²) in [6, 6.07) is 2.33. The first kappa shape index (κ1) is 38.9. The van der Waals surface area contributed by atoms with Crippen LogP contribution in [-0.2, 0) is 38.1 Å². The number of halogens is 5. The van der Waals surface area contributed by atoms with Crippen molar-refractivity contribution in [3.8, 4) is 5.69 Å². The van der Waals surface area contributed by atoms with Crippen molar-refractivity contribution < 1.29 is 63.1 Å². The lowest BCUT2D eigenvalue weighted by Crippen LogP contribution is -3.00. The van der Waals surface area contributed by atoms with Gasteiger partial charge >= 0.3 is 18.1 Å². The lowest BCUT2D eigenvalue weighted by molar-refractivity contribution is -0.873. The van der Waals surface area contributed by atoms with Crippen LogP contribution >= 0.6 is 0 Å². The Bertz CT molecular complexity index is 1560. The number of fused-ring (bicyclic) bond motifs is 1. The highest BCUT2D eigenvalue weighted by molar-refractivity contribution is 6.00. The zero-order valence-electron chi connectivity index (χ0n) is 28.0. The molecule has 0 radical (unpaired) electrons. The topological polar surface area (TPSA) is 131 Å². The number of quaternary nitrogens is 1. The van der Waals surface area contributed by atoms with Gasteiger partial charge in [0.25, 0.3) is 5.91 Å². The first-order valence-electron chi connectivity index (χ1n) is 15.7. The molecule has 2 aliphatic rings. The van der Waals surface area contributed by atoms with E-state index < -0.39 is 58.4 Å². The van der Waals surface area contributed by atoms with E-state index in [0.29, 0.717) is 36.7 Å². The van der Waals surface area contributed by atoms with Gasteiger partial charge in [0, 0.05) is 19.4 Å². The second-order valence-electron chi connectivity index (χ2n) is 14.6. The third-order valence-corrected chi connectivity index (χ3v) is 8.54. The Morgan fingerprint density at radius 1 is 1.10 bits per heavy atom. The number of ether oxygens (including phenoxy) is 2. The molecular weight excluding hydrogens is 660 g/mol. The zero-order valence-corrected chi connectivity index (χ0v) is 28.8. The number of esters is 2. The fraction of sp³-hybridized carbons (Fsp3) is 0.606. The van der Waals surface area contributed by atoms with Crippen LogP contribution in [-0.4, -0.2) is 77.8 Å². The second kappa shape index (κ2) is 14.5. The molecule has 15 heteroatoms. The molecule has 2 aliphatic carbocycles. The highest BCUT2D eigenvalue weighted by Crippen LogP contribution is 2.42. The Balaban J connectivity index is 0.00000625. The SMILES string of the molecule is CC(=O)OC(CC(=O)OC1CCC(Cc2cc(-n3nc(C(F)(F)F)c4c3CC(C)(C)CC4=O)cc(F)c2C(N)=O)CC1)C[N+](C)(C)C.[Cl-]. The number of amides is 1. The fourth-order valence-electron chi connectivity index (χ4n) is 6.74. The average molecular weight is 703 g/mol. The van der Waals surface area contributed by atoms with E-state index >= 15 is 4.39 Å². The molecule has 266 valence electrons. The summed E-state index contributed by atoms with van der Waals surface area (Å²) in [4.78, 5) is 49.4. The van der Waals surface area contributed by atoms with Gasteiger partial charge in [0.1, 0.15) is 18.5 Å². The summed E-state index contributed by atoms with van der Waals surface area (Å²) in [5, 5.41) is 3.76. The minimum atomic E-state index is -4.91. The molecule has 48 heavy (non-hydrogen) atoms. The predicted molar refractivity (Wildman–Crippen MR) is 162 cm³/mol. The van der Waals surface area contributed by atoms with E-state index in [2.05, 4.69) is 5.10 Å². The van der Waals surface area contributed by atoms with Gasteiger partial charge in [-0.15, -0.1) is 0 Å². The maximum atomic E-state index is 15.5. The van der Waals surface area contributed by atoms with Gasteiger partial charge < -0.3 is 32.1 Å². The number of ketones is 1. The number of Topliss-reactive ketones (excluding diaryl/α,β-unsaturated/α-hetero) is 1. The van der Waals surface area contributed by atoms with E-state index in [-0.39, 0.29) is 72.6 Å². The van der Waals surface area contributed by atoms with Crippen LogP contribution in [0.1, 0.15) is 97.0 Å². The van der Waals surface area contributed by atoms with Gasteiger partial charge in [0.2, 0.25) is 0 Å². The lowest BCUT2D eigenvalue weighted by Gasteiger charge is -2.31. The Labute approximate surface area is 283 Å². The molecule has 1 unspecified atom stereocenters. The monoisotopic (exact) mass is 702 g/mol. The largest absolute Gasteiger partial charge is 1.00 e. The molecule has 1 fully saturated rings. The number of nitrogens with two attached hydrogens (primary N) is 1. The minimum Gasteiger partial charge on any atom is -1.00 e. The Morgan fingerprint density at radius 3 is 2.27 bits per heavy atom. The lowest BCUT2D eigenvalue weighted by atomic mass is 9.75. The third kappa shape index (κ3) is 9.55. The van der Waals surface area contributed by atoms with Gasteiger partial charge in [-0.2, -0.15) is 18.3 Å². The van der Waals surface area contributed by atoms with Crippen LogP contribution in [0.2, 0.25) is 0 Å². The molecule has 0 spiro atoms. The van der Waals surface area contributed by atoms with Crippen molar-refractivity contribution in [2.24, 2.45) is 17.1 Å². The van der Waals surface area contributed by atoms with Crippen LogP contribution < -0.4 is 18.1 Å². The number of alkyl halides is 3. The average Bonchev–Trinajstić information content (AvgIpc) is 3.27. The molecule has 1 aromatic carbocycles. The van der Waals surface area contributed by atoms with Crippen molar-refractivity contribution in [2.45, 2.75) is 90.5 Å². The number of hydrogen-bond donors (Lipinski definition) is 1. The van der Waals surface area contributed by atoms with Crippen molar-refractivity contribution in [3.05, 3.63) is 46.0 Å². The van der Waals surface area contributed by atoms with Gasteiger partial charge in [-0.05, 0) is 61.5 Å². The van der Waals surface area contributed by atoms with E-state index in [4.69, 9.17) is 15.2 Å². The Kier molecular flexibility index (Phi) is 11.8. The molecule has 1 heterocycles. The van der Waals surface area contributed by atoms with Crippen LogP contribution in [0.3, 0.4) is 0 Å². The number of rotatable bonds is 10. The van der Waals surface area contributed by atoms with E-state index in [9.17, 15) is 32.3 Å². The van der Waals surface area contributed by atoms with E-state index in [1.54, 1.807) is 13.8 Å². The van der Waals surface area contributed by atoms with E-state index in [0.717, 1.165) is 10.7 Å². The molecule has 2 aromatic rings. The van der Waals surface area contributed by atoms with Gasteiger partial charge in [0.15, 0.2) is 17.6 Å². The standard InChI is InChI=1S/C33H42F4N4O6.ClH/c1-18(42)46-23(17-41(4,5)6)14-27(44)47-22-9-7-19(8-10-22)11-20-12-21(13-24(34)28(20)31(38)45)40-25-15-32(2,3)16-26(43)29(25)30(39-40)33(35,36)37;/h12-13,19,22-23H,7-11,14-17H2,1-6H3,(H-,38,45);1H. The number of benzene rings is 1. The minimum absolute atomic E-state index is 0. The quantitative estimate of drug-likeness (QED) is 0.228. The number of nitrogens with zero attached hydrogens (tertiary/aromatic N) is 3. The molecule has 4 rings (SSSR count). The number of carbonyl (C=O) groups is 4. The summed E-state index contributed by atoms with van der Waals surface area (Å²) in [6.45, 7) is 5.23. The van der Waals surface area contributed by atoms with Gasteiger partial charge in [-0.3, -0.25) is 19.2 Å². The van der Waals surface area contributed by atoms with E-state index in [1.165, 1.54) is 13.0 Å². The molecule has 1 aromatic heterocycles. The zero-order chi connectivity index (χ0) is 35.1. The maximum Gasteiger partial charge on any atom is 0.435 e. The van der Waals surface area contributed by atoms with Crippen molar-refractivity contribution in [1.82, 2.24) is 9.78 Å². The van der Waals surface area contributed by atoms with Crippen LogP contribution in [0, 0.1) is 17.2 Å². The van der Waals surface area contributed by atoms with Gasteiger partial charge in [-0.25, -0.2) is 9.07 Å². The first-order valence-corrected chi connectivity index (χ1v) is 15.7. The number of primary amides is 1. The summed E-state index contributed by atoms with van der Waals surface area (Å²) in [5.74, 6) is -3.74. The summed E-state index contributed by atoms with van der Waals surface area (Å²) in [7, 11) is 5.75. The molecule has 0 bridgehead atoms. The van der Waals surface area contributed by atoms with Crippen molar-refractivity contribution in [2.75, 3.05) is 27.7 Å². The van der Waals surface area contributed by atoms with Crippen molar-refractivity contribution in [3.63, 3.8) is 0 Å². The Morgan fingerprint density at radius 2 is 1.73 bits per heavy atom. The highest BCUT2D eigenvalue weighted by atomic mass is 35.5.